The van der Waals surface area contributed by atoms with Crippen molar-refractivity contribution in [2.75, 3.05) is 0 Å². The third-order valence-corrected chi connectivity index (χ3v) is 8.62. The molecule has 0 fully saturated rings. The minimum absolute atomic E-state index is 0.137. The molecule has 0 radical (unpaired) electrons. The Morgan fingerprint density at radius 3 is 2.33 bits per heavy atom. The van der Waals surface area contributed by atoms with Gasteiger partial charge in [0.05, 0.1) is 21.7 Å². The number of aryl methyl sites for hydroxylation is 3. The molecule has 3 aromatic carbocycles. The van der Waals surface area contributed by atoms with Crippen LogP contribution in [0, 0.1) is 20.8 Å². The largest absolute Gasteiger partial charge is 0.308 e. The second-order valence-electron chi connectivity index (χ2n) is 8.35. The van der Waals surface area contributed by atoms with Crippen molar-refractivity contribution in [2.24, 2.45) is 0 Å². The monoisotopic (exact) mass is 500 g/mol. The van der Waals surface area contributed by atoms with Crippen LogP contribution in [-0.4, -0.2) is 13.0 Å². The maximum absolute atomic E-state index is 13.1. The highest BCUT2D eigenvalue weighted by atomic mass is 35.5. The average Bonchev–Trinajstić information content (AvgIpc) is 3.06. The van der Waals surface area contributed by atoms with Crippen LogP contribution in [0.5, 0.6) is 0 Å². The lowest BCUT2D eigenvalue weighted by Gasteiger charge is -2.18. The molecule has 0 spiro atoms. The third-order valence-electron chi connectivity index (χ3n) is 5.88. The summed E-state index contributed by atoms with van der Waals surface area (Å²) in [6, 6.07) is 15.8. The molecule has 1 atom stereocenters. The molecule has 1 N–H and O–H groups in total. The Morgan fingerprint density at radius 1 is 0.970 bits per heavy atom. The predicted octanol–water partition coefficient (Wildman–Crippen LogP) is 5.73. The van der Waals surface area contributed by atoms with Gasteiger partial charge in [-0.15, -0.1) is 0 Å². The number of aromatic nitrogens is 1. The standard InChI is InChI=1S/C25H25ClN2O3S2/c1-15-11-17(3)22(12-16(15)2)18(4)27-33(30,31)21-9-10-23-24(13-21)32-25(29)28(23)14-19-5-7-20(26)8-6-19/h5-13,18,27H,14H2,1-4H3/t18-/m1/s1. The normalized spacial score (nSPS) is 12.9. The molecule has 0 aliphatic carbocycles. The number of benzene rings is 3. The maximum atomic E-state index is 13.1. The smallest absolute Gasteiger partial charge is 0.294 e. The van der Waals surface area contributed by atoms with Gasteiger partial charge in [-0.05, 0) is 85.8 Å². The molecule has 0 saturated heterocycles. The van der Waals surface area contributed by atoms with Crippen LogP contribution in [0.15, 0.2) is 64.3 Å². The fourth-order valence-electron chi connectivity index (χ4n) is 3.95. The van der Waals surface area contributed by atoms with Gasteiger partial charge in [-0.3, -0.25) is 9.36 Å². The van der Waals surface area contributed by atoms with Gasteiger partial charge in [0.25, 0.3) is 0 Å². The van der Waals surface area contributed by atoms with Crippen molar-refractivity contribution in [1.29, 1.82) is 0 Å². The van der Waals surface area contributed by atoms with E-state index in [1.165, 1.54) is 5.56 Å². The summed E-state index contributed by atoms with van der Waals surface area (Å²) in [5, 5.41) is 0.633. The fourth-order valence-corrected chi connectivity index (χ4v) is 6.33. The summed E-state index contributed by atoms with van der Waals surface area (Å²) in [5.41, 5.74) is 5.93. The van der Waals surface area contributed by atoms with Crippen molar-refractivity contribution >= 4 is 43.2 Å². The number of nitrogens with zero attached hydrogens (tertiary/aromatic N) is 1. The first kappa shape index (κ1) is 23.7. The lowest BCUT2D eigenvalue weighted by atomic mass is 9.97. The highest BCUT2D eigenvalue weighted by Gasteiger charge is 2.21. The maximum Gasteiger partial charge on any atom is 0.308 e. The Labute approximate surface area is 202 Å². The van der Waals surface area contributed by atoms with E-state index in [0.717, 1.165) is 33.6 Å². The highest BCUT2D eigenvalue weighted by molar-refractivity contribution is 7.89. The average molecular weight is 501 g/mol. The number of hydrogen-bond donors (Lipinski definition) is 1. The lowest BCUT2D eigenvalue weighted by molar-refractivity contribution is 0.566. The molecule has 0 aliphatic heterocycles. The zero-order chi connectivity index (χ0) is 23.9. The zero-order valence-corrected chi connectivity index (χ0v) is 21.2. The Balaban J connectivity index is 1.63. The van der Waals surface area contributed by atoms with Crippen LogP contribution in [-0.2, 0) is 16.6 Å². The number of halogens is 1. The number of sulfonamides is 1. The molecule has 5 nitrogen and oxygen atoms in total. The van der Waals surface area contributed by atoms with E-state index in [-0.39, 0.29) is 9.77 Å². The summed E-state index contributed by atoms with van der Waals surface area (Å²) >= 11 is 6.99. The first-order valence-electron chi connectivity index (χ1n) is 10.5. The van der Waals surface area contributed by atoms with Crippen molar-refractivity contribution in [2.45, 2.75) is 45.2 Å². The molecule has 0 unspecified atom stereocenters. The molecule has 0 amide bonds. The summed E-state index contributed by atoms with van der Waals surface area (Å²) < 4.78 is 31.3. The van der Waals surface area contributed by atoms with Crippen LogP contribution in [0.4, 0.5) is 0 Å². The van der Waals surface area contributed by atoms with Crippen molar-refractivity contribution in [3.05, 3.63) is 97.1 Å². The van der Waals surface area contributed by atoms with E-state index < -0.39 is 16.1 Å². The molecular weight excluding hydrogens is 476 g/mol. The predicted molar refractivity (Wildman–Crippen MR) is 136 cm³/mol. The quantitative estimate of drug-likeness (QED) is 0.367. The van der Waals surface area contributed by atoms with E-state index in [2.05, 4.69) is 10.8 Å². The van der Waals surface area contributed by atoms with Crippen LogP contribution in [0.25, 0.3) is 10.2 Å². The SMILES string of the molecule is Cc1cc(C)c([C@@H](C)NS(=O)(=O)c2ccc3c(c2)sc(=O)n3Cc2ccc(Cl)cc2)cc1C. The van der Waals surface area contributed by atoms with Crippen LogP contribution in [0.1, 0.15) is 40.8 Å². The molecule has 8 heteroatoms. The number of nitrogens with one attached hydrogen (secondary N) is 1. The van der Waals surface area contributed by atoms with Gasteiger partial charge in [-0.1, -0.05) is 47.2 Å². The summed E-state index contributed by atoms with van der Waals surface area (Å²) in [6.45, 7) is 8.28. The van der Waals surface area contributed by atoms with E-state index in [4.69, 9.17) is 11.6 Å². The lowest BCUT2D eigenvalue weighted by Crippen LogP contribution is -2.27. The van der Waals surface area contributed by atoms with Gasteiger partial charge in [0, 0.05) is 11.1 Å². The molecule has 1 aromatic heterocycles. The van der Waals surface area contributed by atoms with Crippen LogP contribution >= 0.6 is 22.9 Å². The minimum atomic E-state index is -3.78. The van der Waals surface area contributed by atoms with E-state index in [1.54, 1.807) is 34.9 Å². The van der Waals surface area contributed by atoms with Gasteiger partial charge in [-0.2, -0.15) is 0 Å². The van der Waals surface area contributed by atoms with Gasteiger partial charge < -0.3 is 0 Å². The summed E-state index contributed by atoms with van der Waals surface area (Å²) in [5.74, 6) is 0. The summed E-state index contributed by atoms with van der Waals surface area (Å²) in [4.78, 5) is 12.6. The number of thiazole rings is 1. The van der Waals surface area contributed by atoms with E-state index in [0.29, 0.717) is 21.8 Å². The molecule has 172 valence electrons. The van der Waals surface area contributed by atoms with Gasteiger partial charge in [0.15, 0.2) is 0 Å². The summed E-state index contributed by atoms with van der Waals surface area (Å²) in [6.07, 6.45) is 0. The Kier molecular flexibility index (Phi) is 6.51. The van der Waals surface area contributed by atoms with Crippen molar-refractivity contribution < 1.29 is 8.42 Å². The van der Waals surface area contributed by atoms with E-state index in [1.807, 2.05) is 45.9 Å². The van der Waals surface area contributed by atoms with E-state index >= 15 is 0 Å². The fraction of sp³-hybridized carbons (Fsp3) is 0.240. The molecule has 0 aliphatic rings. The Bertz CT molecular complexity index is 1500. The van der Waals surface area contributed by atoms with Crippen LogP contribution in [0.2, 0.25) is 5.02 Å². The van der Waals surface area contributed by atoms with Gasteiger partial charge in [0.1, 0.15) is 0 Å². The molecule has 4 rings (SSSR count). The van der Waals surface area contributed by atoms with Crippen LogP contribution in [0.3, 0.4) is 0 Å². The molecule has 33 heavy (non-hydrogen) atoms. The van der Waals surface area contributed by atoms with Crippen molar-refractivity contribution in [3.8, 4) is 0 Å². The first-order chi connectivity index (χ1) is 15.5. The number of hydrogen-bond acceptors (Lipinski definition) is 4. The third kappa shape index (κ3) is 4.92. The van der Waals surface area contributed by atoms with Gasteiger partial charge in [-0.25, -0.2) is 13.1 Å². The van der Waals surface area contributed by atoms with Gasteiger partial charge >= 0.3 is 4.87 Å². The molecule has 1 heterocycles. The van der Waals surface area contributed by atoms with Crippen molar-refractivity contribution in [3.63, 3.8) is 0 Å². The Morgan fingerprint density at radius 2 is 1.64 bits per heavy atom. The van der Waals surface area contributed by atoms with Crippen molar-refractivity contribution in [1.82, 2.24) is 9.29 Å². The van der Waals surface area contributed by atoms with Gasteiger partial charge in [0.2, 0.25) is 10.0 Å². The molecule has 4 aromatic rings. The highest BCUT2D eigenvalue weighted by Crippen LogP contribution is 2.26. The minimum Gasteiger partial charge on any atom is -0.294 e. The van der Waals surface area contributed by atoms with E-state index in [9.17, 15) is 13.2 Å². The second kappa shape index (κ2) is 9.06. The summed E-state index contributed by atoms with van der Waals surface area (Å²) in [7, 11) is -3.78. The molecular formula is C25H25ClN2O3S2. The molecule has 0 bridgehead atoms. The zero-order valence-electron chi connectivity index (χ0n) is 18.8. The second-order valence-corrected chi connectivity index (χ2v) is 11.5. The number of fused-ring (bicyclic) bond motifs is 1. The topological polar surface area (TPSA) is 68.2 Å². The molecule has 0 saturated carbocycles. The Hall–Kier alpha value is -2.45. The van der Waals surface area contributed by atoms with Crippen LogP contribution < -0.4 is 9.60 Å². The number of rotatable bonds is 6. The first-order valence-corrected chi connectivity index (χ1v) is 13.2.